The predicted molar refractivity (Wildman–Crippen MR) is 128 cm³/mol. The summed E-state index contributed by atoms with van der Waals surface area (Å²) < 4.78 is 6.21. The minimum absolute atomic E-state index is 0.0290. The van der Waals surface area contributed by atoms with Crippen LogP contribution in [0.4, 0.5) is 0 Å². The average molecular weight is 466 g/mol. The van der Waals surface area contributed by atoms with Crippen molar-refractivity contribution in [3.05, 3.63) is 58.9 Å². The number of halogens is 1. The van der Waals surface area contributed by atoms with Crippen LogP contribution in [0.5, 0.6) is 5.75 Å². The van der Waals surface area contributed by atoms with Gasteiger partial charge in [-0.15, -0.1) is 0 Å². The van der Waals surface area contributed by atoms with Crippen LogP contribution in [0.3, 0.4) is 0 Å². The molecule has 0 radical (unpaired) electrons. The Bertz CT molecular complexity index is 1040. The van der Waals surface area contributed by atoms with Crippen LogP contribution in [0.1, 0.15) is 57.2 Å². The number of nitrogens with zero attached hydrogens (tertiary/aromatic N) is 1. The molecule has 1 aromatic carbocycles. The van der Waals surface area contributed by atoms with Crippen LogP contribution in [0.2, 0.25) is 5.15 Å². The molecule has 2 fully saturated rings. The molecule has 1 aromatic heterocycles. The van der Waals surface area contributed by atoms with Crippen LogP contribution in [-0.4, -0.2) is 23.7 Å². The van der Waals surface area contributed by atoms with Crippen LogP contribution in [0.25, 0.3) is 0 Å². The number of ether oxygens (including phenoxy) is 1. The van der Waals surface area contributed by atoms with Gasteiger partial charge in [-0.1, -0.05) is 49.7 Å². The molecule has 0 aliphatic heterocycles. The lowest BCUT2D eigenvalue weighted by Crippen LogP contribution is -2.52. The first-order chi connectivity index (χ1) is 15.9. The number of hydrogen-bond donors (Lipinski definition) is 0. The van der Waals surface area contributed by atoms with Gasteiger partial charge < -0.3 is 14.3 Å². The van der Waals surface area contributed by atoms with Crippen molar-refractivity contribution < 1.29 is 14.3 Å². The molecule has 0 amide bonds. The largest absolute Gasteiger partial charge is 0.490 e. The highest BCUT2D eigenvalue weighted by molar-refractivity contribution is 6.29. The maximum atomic E-state index is 12.6. The summed E-state index contributed by atoms with van der Waals surface area (Å²) >= 11 is 6.24. The Morgan fingerprint density at radius 3 is 2.52 bits per heavy atom. The minimum atomic E-state index is -0.203. The molecule has 0 N–H and O–H groups in total. The molecule has 2 saturated carbocycles. The zero-order valence-electron chi connectivity index (χ0n) is 19.4. The van der Waals surface area contributed by atoms with Gasteiger partial charge in [-0.05, 0) is 79.5 Å². The van der Waals surface area contributed by atoms with Crippen molar-refractivity contribution in [2.75, 3.05) is 0 Å². The van der Waals surface area contributed by atoms with Gasteiger partial charge in [-0.3, -0.25) is 0 Å². The van der Waals surface area contributed by atoms with Gasteiger partial charge in [0.2, 0.25) is 0 Å². The molecule has 3 aliphatic carbocycles. The van der Waals surface area contributed by atoms with E-state index in [2.05, 4.69) is 19.9 Å². The maximum Gasteiger partial charge on any atom is 0.129 e. The van der Waals surface area contributed by atoms with Crippen LogP contribution in [0, 0.1) is 29.1 Å². The number of hydrogen-bond acceptors (Lipinski definition) is 4. The number of rotatable bonds is 5. The van der Waals surface area contributed by atoms with Crippen molar-refractivity contribution in [1.82, 2.24) is 4.98 Å². The van der Waals surface area contributed by atoms with Gasteiger partial charge >= 0.3 is 0 Å². The second kappa shape index (κ2) is 8.54. The van der Waals surface area contributed by atoms with Crippen LogP contribution in [-0.2, 0) is 21.4 Å². The lowest BCUT2D eigenvalue weighted by Gasteiger charge is -2.54. The van der Waals surface area contributed by atoms with Crippen LogP contribution in [0.15, 0.2) is 42.5 Å². The van der Waals surface area contributed by atoms with Gasteiger partial charge in [0.15, 0.2) is 0 Å². The number of pyridine rings is 1. The molecule has 0 saturated heterocycles. The van der Waals surface area contributed by atoms with E-state index in [1.54, 1.807) is 0 Å². The van der Waals surface area contributed by atoms with E-state index in [0.29, 0.717) is 11.6 Å². The summed E-state index contributed by atoms with van der Waals surface area (Å²) in [5.41, 5.74) is 1.95. The molecule has 2 aromatic rings. The van der Waals surface area contributed by atoms with E-state index in [-0.39, 0.29) is 40.6 Å². The second-order valence-corrected chi connectivity index (χ2v) is 11.2. The van der Waals surface area contributed by atoms with E-state index in [0.717, 1.165) is 49.8 Å². The highest BCUT2D eigenvalue weighted by Crippen LogP contribution is 2.60. The van der Waals surface area contributed by atoms with Gasteiger partial charge in [-0.25, -0.2) is 4.98 Å². The molecular weight excluding hydrogens is 434 g/mol. The number of carbonyl (C=O) groups is 2. The first-order valence-corrected chi connectivity index (χ1v) is 12.5. The molecule has 0 spiro atoms. The van der Waals surface area contributed by atoms with Crippen LogP contribution < -0.4 is 4.74 Å². The molecule has 3 aliphatic rings. The fourth-order valence-electron chi connectivity index (χ4n) is 7.31. The summed E-state index contributed by atoms with van der Waals surface area (Å²) in [6.45, 7) is 4.50. The summed E-state index contributed by atoms with van der Waals surface area (Å²) in [7, 11) is 0. The number of aldehydes is 2. The van der Waals surface area contributed by atoms with Crippen LogP contribution >= 0.6 is 11.6 Å². The van der Waals surface area contributed by atoms with Gasteiger partial charge in [0.25, 0.3) is 0 Å². The van der Waals surface area contributed by atoms with Crippen molar-refractivity contribution in [3.8, 4) is 5.75 Å². The van der Waals surface area contributed by atoms with Gasteiger partial charge in [0.05, 0.1) is 11.8 Å². The summed E-state index contributed by atoms with van der Waals surface area (Å²) in [6.07, 6.45) is 7.59. The topological polar surface area (TPSA) is 56.3 Å². The van der Waals surface area contributed by atoms with Gasteiger partial charge in [0, 0.05) is 17.3 Å². The standard InChI is InChI=1S/C28H32ClNO3/c1-27(12-10-21(15-19(27)16-31)33-20-6-4-3-5-7-20)23-11-13-28(2)24(22(23)17-32)14-18-8-9-25(29)30-26(18)28/h3-9,16-17,19,21-24H,10-15H2,1-2H3/t19-,21+,22-,23+,24+,27+,28+/m1/s1. The van der Waals surface area contributed by atoms with E-state index < -0.39 is 0 Å². The third kappa shape index (κ3) is 3.71. The molecule has 1 heterocycles. The zero-order chi connectivity index (χ0) is 23.2. The number of fused-ring (bicyclic) bond motifs is 3. The predicted octanol–water partition coefficient (Wildman–Crippen LogP) is 5.84. The van der Waals surface area contributed by atoms with E-state index in [9.17, 15) is 9.59 Å². The van der Waals surface area contributed by atoms with Crippen molar-refractivity contribution >= 4 is 24.2 Å². The molecule has 5 rings (SSSR count). The third-order valence-electron chi connectivity index (χ3n) is 9.23. The fourth-order valence-corrected chi connectivity index (χ4v) is 7.46. The number of carbonyl (C=O) groups excluding carboxylic acids is 2. The Kier molecular flexibility index (Phi) is 5.84. The van der Waals surface area contributed by atoms with Crippen molar-refractivity contribution in [2.24, 2.45) is 29.1 Å². The van der Waals surface area contributed by atoms with Crippen molar-refractivity contribution in [3.63, 3.8) is 0 Å². The first kappa shape index (κ1) is 22.6. The molecular formula is C28H32ClNO3. The molecule has 0 bridgehead atoms. The summed E-state index contributed by atoms with van der Waals surface area (Å²) in [5.74, 6) is 1.04. The molecule has 7 atom stereocenters. The molecule has 4 nitrogen and oxygen atoms in total. The lowest BCUT2D eigenvalue weighted by atomic mass is 9.50. The number of benzene rings is 1. The smallest absolute Gasteiger partial charge is 0.129 e. The number of aromatic nitrogens is 1. The lowest BCUT2D eigenvalue weighted by molar-refractivity contribution is -0.133. The quantitative estimate of drug-likeness (QED) is 0.411. The van der Waals surface area contributed by atoms with E-state index >= 15 is 0 Å². The molecule has 5 heteroatoms. The Balaban J connectivity index is 1.39. The minimum Gasteiger partial charge on any atom is -0.490 e. The van der Waals surface area contributed by atoms with Crippen molar-refractivity contribution in [1.29, 1.82) is 0 Å². The van der Waals surface area contributed by atoms with E-state index in [4.69, 9.17) is 21.3 Å². The second-order valence-electron chi connectivity index (χ2n) is 10.8. The maximum absolute atomic E-state index is 12.6. The highest BCUT2D eigenvalue weighted by Gasteiger charge is 2.58. The zero-order valence-corrected chi connectivity index (χ0v) is 20.1. The summed E-state index contributed by atoms with van der Waals surface area (Å²) in [6, 6.07) is 13.8. The van der Waals surface area contributed by atoms with Gasteiger partial charge in [-0.2, -0.15) is 0 Å². The van der Waals surface area contributed by atoms with E-state index in [1.807, 2.05) is 36.4 Å². The fraction of sp³-hybridized carbons (Fsp3) is 0.536. The molecule has 174 valence electrons. The summed E-state index contributed by atoms with van der Waals surface area (Å²) in [4.78, 5) is 29.6. The average Bonchev–Trinajstić information content (AvgIpc) is 3.12. The molecule has 33 heavy (non-hydrogen) atoms. The Hall–Kier alpha value is -2.20. The summed E-state index contributed by atoms with van der Waals surface area (Å²) in [5, 5.41) is 0.519. The molecule has 0 unspecified atom stereocenters. The van der Waals surface area contributed by atoms with Gasteiger partial charge in [0.1, 0.15) is 23.5 Å². The normalized spacial score (nSPS) is 37.6. The Labute approximate surface area is 201 Å². The Morgan fingerprint density at radius 2 is 1.79 bits per heavy atom. The third-order valence-corrected chi connectivity index (χ3v) is 9.44. The first-order valence-electron chi connectivity index (χ1n) is 12.2. The SMILES string of the molecule is C[C@]1([C@H]2CC[C@]3(C)c4nc(Cl)ccc4C[C@H]3[C@@H]2C=O)CC[C@H](Oc2ccccc2)C[C@@H]1C=O. The van der Waals surface area contributed by atoms with E-state index in [1.165, 1.54) is 11.8 Å². The van der Waals surface area contributed by atoms with Crippen molar-refractivity contribution in [2.45, 2.75) is 63.9 Å². The highest BCUT2D eigenvalue weighted by atomic mass is 35.5. The monoisotopic (exact) mass is 465 g/mol. The number of para-hydroxylation sites is 1. The Morgan fingerprint density at radius 1 is 1.00 bits per heavy atom.